The van der Waals surface area contributed by atoms with Gasteiger partial charge in [-0.05, 0) is 36.1 Å². The maximum atomic E-state index is 14.1. The van der Waals surface area contributed by atoms with Gasteiger partial charge in [0.25, 0.3) is 0 Å². The smallest absolute Gasteiger partial charge is 0.154 e. The topological polar surface area (TPSA) is 62.0 Å². The van der Waals surface area contributed by atoms with Crippen LogP contribution in [-0.4, -0.2) is 31.7 Å². The molecule has 1 unspecified atom stereocenters. The highest BCUT2D eigenvalue weighted by molar-refractivity contribution is 7.90. The normalized spacial score (nSPS) is 17.6. The molecule has 0 fully saturated rings. The predicted molar refractivity (Wildman–Crippen MR) is 111 cm³/mol. The number of rotatable bonds is 6. The molecule has 4 nitrogen and oxygen atoms in total. The van der Waals surface area contributed by atoms with Crippen LogP contribution in [0.2, 0.25) is 0 Å². The van der Waals surface area contributed by atoms with Crippen molar-refractivity contribution in [3.63, 3.8) is 0 Å². The van der Waals surface area contributed by atoms with Gasteiger partial charge in [-0.1, -0.05) is 42.5 Å². The Kier molecular flexibility index (Phi) is 5.33. The van der Waals surface area contributed by atoms with Crippen molar-refractivity contribution in [2.75, 3.05) is 12.3 Å². The van der Waals surface area contributed by atoms with Gasteiger partial charge in [0.1, 0.15) is 5.82 Å². The molecule has 4 rings (SSSR count). The number of para-hydroxylation sites is 1. The number of benzene rings is 2. The van der Waals surface area contributed by atoms with Gasteiger partial charge >= 0.3 is 0 Å². The van der Waals surface area contributed by atoms with Gasteiger partial charge in [-0.25, -0.2) is 12.8 Å². The number of sulfone groups is 1. The van der Waals surface area contributed by atoms with Crippen LogP contribution in [0, 0.1) is 5.82 Å². The molecule has 2 N–H and O–H groups in total. The Morgan fingerprint density at radius 2 is 1.86 bits per heavy atom. The van der Waals surface area contributed by atoms with E-state index in [-0.39, 0.29) is 23.4 Å². The van der Waals surface area contributed by atoms with Crippen molar-refractivity contribution in [1.82, 2.24) is 10.3 Å². The van der Waals surface area contributed by atoms with E-state index in [1.54, 1.807) is 18.3 Å². The molecule has 2 heterocycles. The molecule has 1 aliphatic heterocycles. The van der Waals surface area contributed by atoms with Gasteiger partial charge in [0.2, 0.25) is 0 Å². The van der Waals surface area contributed by atoms with E-state index >= 15 is 0 Å². The maximum absolute atomic E-state index is 14.1. The highest BCUT2D eigenvalue weighted by Gasteiger charge is 2.21. The van der Waals surface area contributed by atoms with Gasteiger partial charge in [-0.15, -0.1) is 0 Å². The number of aromatic nitrogens is 1. The monoisotopic (exact) mass is 398 g/mol. The minimum absolute atomic E-state index is 0.0253. The molecule has 1 aromatic heterocycles. The van der Waals surface area contributed by atoms with Crippen LogP contribution in [0.1, 0.15) is 24.0 Å². The van der Waals surface area contributed by atoms with E-state index in [0.717, 1.165) is 22.0 Å². The van der Waals surface area contributed by atoms with Crippen LogP contribution >= 0.6 is 0 Å². The molecular weight excluding hydrogens is 375 g/mol. The number of hydrogen-bond donors (Lipinski definition) is 2. The predicted octanol–water partition coefficient (Wildman–Crippen LogP) is 4.06. The lowest BCUT2D eigenvalue weighted by Gasteiger charge is -2.24. The Morgan fingerprint density at radius 3 is 2.71 bits per heavy atom. The lowest BCUT2D eigenvalue weighted by Crippen LogP contribution is -2.34. The summed E-state index contributed by atoms with van der Waals surface area (Å²) in [4.78, 5) is 3.13. The second-order valence-corrected chi connectivity index (χ2v) is 9.44. The molecule has 6 heteroatoms. The van der Waals surface area contributed by atoms with E-state index in [9.17, 15) is 12.8 Å². The summed E-state index contributed by atoms with van der Waals surface area (Å²) in [7, 11) is -3.24. The molecule has 146 valence electrons. The summed E-state index contributed by atoms with van der Waals surface area (Å²) in [5.41, 5.74) is 3.30. The second-order valence-electron chi connectivity index (χ2n) is 7.26. The van der Waals surface area contributed by atoms with Crippen molar-refractivity contribution in [3.05, 3.63) is 77.7 Å². The lowest BCUT2D eigenvalue weighted by atomic mass is 9.94. The van der Waals surface area contributed by atoms with Gasteiger partial charge < -0.3 is 10.3 Å². The molecule has 0 bridgehead atoms. The number of hydrogen-bond acceptors (Lipinski definition) is 3. The summed E-state index contributed by atoms with van der Waals surface area (Å²) in [6.07, 6.45) is 4.90. The van der Waals surface area contributed by atoms with Gasteiger partial charge in [0.05, 0.1) is 11.5 Å². The minimum Gasteiger partial charge on any atom is -0.361 e. The van der Waals surface area contributed by atoms with Crippen LogP contribution < -0.4 is 5.32 Å². The summed E-state index contributed by atoms with van der Waals surface area (Å²) in [5.74, 6) is -0.101. The summed E-state index contributed by atoms with van der Waals surface area (Å²) >= 11 is 0. The number of aromatic amines is 1. The third kappa shape index (κ3) is 4.18. The third-order valence-electron chi connectivity index (χ3n) is 5.27. The number of fused-ring (bicyclic) bond motifs is 1. The van der Waals surface area contributed by atoms with Crippen LogP contribution in [0.5, 0.6) is 0 Å². The highest BCUT2D eigenvalue weighted by atomic mass is 32.2. The molecule has 0 amide bonds. The largest absolute Gasteiger partial charge is 0.361 e. The second kappa shape index (κ2) is 7.89. The Hall–Kier alpha value is -2.44. The fraction of sp³-hybridized carbons (Fsp3) is 0.273. The van der Waals surface area contributed by atoms with E-state index in [1.165, 1.54) is 6.07 Å². The molecule has 1 atom stereocenters. The minimum atomic E-state index is -3.24. The van der Waals surface area contributed by atoms with Crippen LogP contribution in [0.25, 0.3) is 16.5 Å². The van der Waals surface area contributed by atoms with Crippen molar-refractivity contribution in [1.29, 1.82) is 0 Å². The van der Waals surface area contributed by atoms with Gasteiger partial charge in [0, 0.05) is 35.2 Å². The van der Waals surface area contributed by atoms with Crippen LogP contribution in [-0.2, 0) is 15.6 Å². The fourth-order valence-corrected chi connectivity index (χ4v) is 5.30. The molecule has 1 aliphatic rings. The molecule has 0 spiro atoms. The number of H-pyrrole nitrogens is 1. The SMILES string of the molecule is O=S(=O)(CCC1CC(c2ccccc2F)=CCN1)Cc1c[nH]c2ccccc12. The van der Waals surface area contributed by atoms with Crippen LogP contribution in [0.4, 0.5) is 4.39 Å². The first-order valence-electron chi connectivity index (χ1n) is 9.44. The van der Waals surface area contributed by atoms with Gasteiger partial charge in [-0.2, -0.15) is 0 Å². The molecule has 0 saturated heterocycles. The van der Waals surface area contributed by atoms with E-state index in [1.807, 2.05) is 36.4 Å². The summed E-state index contributed by atoms with van der Waals surface area (Å²) in [6.45, 7) is 0.622. The van der Waals surface area contributed by atoms with Gasteiger partial charge in [0.15, 0.2) is 9.84 Å². The van der Waals surface area contributed by atoms with E-state index < -0.39 is 9.84 Å². The molecule has 2 aromatic carbocycles. The third-order valence-corrected chi connectivity index (χ3v) is 6.88. The standard InChI is InChI=1S/C22H23FN2O2S/c23-21-7-3-1-5-19(21)16-9-11-24-18(13-16)10-12-28(26,27)15-17-14-25-22-8-4-2-6-20(17)22/h1-9,14,18,24-25H,10-13,15H2. The lowest BCUT2D eigenvalue weighted by molar-refractivity contribution is 0.513. The summed E-state index contributed by atoms with van der Waals surface area (Å²) < 4.78 is 39.4. The first-order chi connectivity index (χ1) is 13.5. The quantitative estimate of drug-likeness (QED) is 0.658. The van der Waals surface area contributed by atoms with Crippen molar-refractivity contribution < 1.29 is 12.8 Å². The van der Waals surface area contributed by atoms with Crippen LogP contribution in [0.15, 0.2) is 60.8 Å². The molecule has 28 heavy (non-hydrogen) atoms. The fourth-order valence-electron chi connectivity index (χ4n) is 3.80. The summed E-state index contributed by atoms with van der Waals surface area (Å²) in [6, 6.07) is 14.5. The Balaban J connectivity index is 1.40. The van der Waals surface area contributed by atoms with Crippen molar-refractivity contribution in [2.24, 2.45) is 0 Å². The zero-order valence-corrected chi connectivity index (χ0v) is 16.3. The number of halogens is 1. The average molecular weight is 399 g/mol. The summed E-state index contributed by atoms with van der Waals surface area (Å²) in [5, 5.41) is 4.28. The van der Waals surface area contributed by atoms with Crippen LogP contribution in [0.3, 0.4) is 0 Å². The van der Waals surface area contributed by atoms with Crippen molar-refractivity contribution >= 4 is 26.3 Å². The first kappa shape index (κ1) is 18.9. The van der Waals surface area contributed by atoms with E-state index in [2.05, 4.69) is 10.3 Å². The molecule has 3 aromatic rings. The van der Waals surface area contributed by atoms with E-state index in [4.69, 9.17) is 0 Å². The zero-order chi connectivity index (χ0) is 19.6. The molecule has 0 saturated carbocycles. The Morgan fingerprint density at radius 1 is 1.07 bits per heavy atom. The Bertz CT molecular complexity index is 1120. The van der Waals surface area contributed by atoms with Crippen molar-refractivity contribution in [3.8, 4) is 0 Å². The number of nitrogens with one attached hydrogen (secondary N) is 2. The first-order valence-corrected chi connectivity index (χ1v) is 11.3. The van der Waals surface area contributed by atoms with E-state index in [0.29, 0.717) is 24.9 Å². The molecule has 0 aliphatic carbocycles. The maximum Gasteiger partial charge on any atom is 0.154 e. The average Bonchev–Trinajstić information content (AvgIpc) is 3.09. The zero-order valence-electron chi connectivity index (χ0n) is 15.5. The Labute approximate surface area is 164 Å². The molecule has 0 radical (unpaired) electrons. The van der Waals surface area contributed by atoms with Crippen molar-refractivity contribution in [2.45, 2.75) is 24.6 Å². The molecular formula is C22H23FN2O2S. The van der Waals surface area contributed by atoms with Gasteiger partial charge in [-0.3, -0.25) is 0 Å². The highest BCUT2D eigenvalue weighted by Crippen LogP contribution is 2.26.